The summed E-state index contributed by atoms with van der Waals surface area (Å²) in [6.45, 7) is 3.32. The smallest absolute Gasteiger partial charge is 0.254 e. The second-order valence-corrected chi connectivity index (χ2v) is 3.98. The molecular weight excluding hydrogens is 263 g/mol. The van der Waals surface area contributed by atoms with Gasteiger partial charge in [-0.25, -0.2) is 0 Å². The number of nitrogens with zero attached hydrogens (tertiary/aromatic N) is 1. The molecule has 17 heavy (non-hydrogen) atoms. The molecule has 0 aliphatic heterocycles. The maximum absolute atomic E-state index is 11.5. The van der Waals surface area contributed by atoms with E-state index in [1.165, 1.54) is 18.2 Å². The van der Waals surface area contributed by atoms with Gasteiger partial charge in [0.25, 0.3) is 5.91 Å². The van der Waals surface area contributed by atoms with Crippen LogP contribution in [0.2, 0.25) is 10.0 Å². The van der Waals surface area contributed by atoms with E-state index in [1.54, 1.807) is 6.07 Å². The molecule has 0 spiro atoms. The third kappa shape index (κ3) is 3.46. The number of halogens is 2. The average molecular weight is 271 g/mol. The van der Waals surface area contributed by atoms with Gasteiger partial charge in [0, 0.05) is 5.02 Å². The summed E-state index contributed by atoms with van der Waals surface area (Å²) in [4.78, 5) is 11.5. The molecule has 0 aromatic heterocycles. The van der Waals surface area contributed by atoms with E-state index in [-0.39, 0.29) is 10.6 Å². The zero-order chi connectivity index (χ0) is 13.0. The van der Waals surface area contributed by atoms with Crippen LogP contribution in [0.25, 0.3) is 0 Å². The van der Waals surface area contributed by atoms with Crippen LogP contribution in [0.15, 0.2) is 30.4 Å². The summed E-state index contributed by atoms with van der Waals surface area (Å²) in [5, 5.41) is 20.6. The lowest BCUT2D eigenvalue weighted by Crippen LogP contribution is -2.22. The normalized spacial score (nSPS) is 11.4. The van der Waals surface area contributed by atoms with Crippen LogP contribution in [0.3, 0.4) is 0 Å². The summed E-state index contributed by atoms with van der Waals surface area (Å²) >= 11 is 11.5. The molecule has 2 N–H and O–H groups in total. The Labute approximate surface area is 108 Å². The van der Waals surface area contributed by atoms with Gasteiger partial charge in [0.2, 0.25) is 0 Å². The fourth-order valence-corrected chi connectivity index (χ4v) is 1.45. The number of anilines is 1. The average Bonchev–Trinajstić information content (AvgIpc) is 2.30. The van der Waals surface area contributed by atoms with Crippen LogP contribution in [-0.2, 0) is 4.79 Å². The summed E-state index contributed by atoms with van der Waals surface area (Å²) in [6, 6.07) is 6.01. The molecule has 1 atom stereocenters. The number of carbonyl (C=O) groups is 1. The lowest BCUT2D eigenvalue weighted by atomic mass is 10.1. The molecular formula is C11H8Cl2N2O2. The second kappa shape index (κ2) is 5.69. The van der Waals surface area contributed by atoms with Crippen molar-refractivity contribution in [2.75, 3.05) is 5.32 Å². The molecule has 1 aromatic rings. The minimum absolute atomic E-state index is 0.251. The van der Waals surface area contributed by atoms with E-state index in [0.29, 0.717) is 10.7 Å². The van der Waals surface area contributed by atoms with Crippen LogP contribution in [-0.4, -0.2) is 17.1 Å². The maximum Gasteiger partial charge on any atom is 0.254 e. The van der Waals surface area contributed by atoms with Gasteiger partial charge < -0.3 is 10.4 Å². The number of nitriles is 1. The number of aliphatic hydroxyl groups is 1. The fraction of sp³-hybridized carbons (Fsp3) is 0.0909. The van der Waals surface area contributed by atoms with Crippen molar-refractivity contribution in [1.82, 2.24) is 0 Å². The molecule has 0 saturated heterocycles. The molecule has 6 heteroatoms. The van der Waals surface area contributed by atoms with Crippen LogP contribution >= 0.6 is 23.2 Å². The van der Waals surface area contributed by atoms with Crippen molar-refractivity contribution < 1.29 is 9.90 Å². The Hall–Kier alpha value is -1.54. The third-order valence-corrected chi connectivity index (χ3v) is 2.47. The number of nitrogens with one attached hydrogen (secondary N) is 1. The molecule has 1 aromatic carbocycles. The summed E-state index contributed by atoms with van der Waals surface area (Å²) in [5.74, 6) is -0.678. The van der Waals surface area contributed by atoms with E-state index >= 15 is 0 Å². The molecule has 88 valence electrons. The molecule has 0 radical (unpaired) electrons. The second-order valence-electron chi connectivity index (χ2n) is 3.14. The Morgan fingerprint density at radius 2 is 2.18 bits per heavy atom. The minimum atomic E-state index is -1.54. The fourth-order valence-electron chi connectivity index (χ4n) is 0.996. The summed E-state index contributed by atoms with van der Waals surface area (Å²) in [7, 11) is 0. The molecule has 0 saturated carbocycles. The van der Waals surface area contributed by atoms with Crippen LogP contribution < -0.4 is 5.32 Å². The van der Waals surface area contributed by atoms with Crippen molar-refractivity contribution in [3.8, 4) is 6.07 Å². The summed E-state index contributed by atoms with van der Waals surface area (Å²) < 4.78 is 0. The third-order valence-electron chi connectivity index (χ3n) is 1.92. The first-order valence-corrected chi connectivity index (χ1v) is 5.24. The highest BCUT2D eigenvalue weighted by Crippen LogP contribution is 2.25. The Kier molecular flexibility index (Phi) is 4.53. The maximum atomic E-state index is 11.5. The standard InChI is InChI=1S/C11H8Cl2N2O2/c1-6(10(16)5-14)11(17)15-9-3-2-7(12)4-8(9)13/h2-4,10,16H,1H2,(H,15,17). The van der Waals surface area contributed by atoms with Crippen molar-refractivity contribution in [2.24, 2.45) is 0 Å². The topological polar surface area (TPSA) is 73.1 Å². The molecule has 1 unspecified atom stereocenters. The number of carbonyl (C=O) groups excluding carboxylic acids is 1. The predicted molar refractivity (Wildman–Crippen MR) is 65.9 cm³/mol. The van der Waals surface area contributed by atoms with Gasteiger partial charge in [-0.05, 0) is 18.2 Å². The van der Waals surface area contributed by atoms with Crippen molar-refractivity contribution in [2.45, 2.75) is 6.10 Å². The molecule has 4 nitrogen and oxygen atoms in total. The van der Waals surface area contributed by atoms with Gasteiger partial charge >= 0.3 is 0 Å². The van der Waals surface area contributed by atoms with Crippen LogP contribution in [0, 0.1) is 11.3 Å². The minimum Gasteiger partial charge on any atom is -0.374 e. The van der Waals surface area contributed by atoms with Crippen molar-refractivity contribution in [3.05, 3.63) is 40.4 Å². The summed E-state index contributed by atoms with van der Waals surface area (Å²) in [5.41, 5.74) is 0.0749. The van der Waals surface area contributed by atoms with E-state index in [2.05, 4.69) is 11.9 Å². The van der Waals surface area contributed by atoms with Gasteiger partial charge in [0.15, 0.2) is 6.10 Å². The lowest BCUT2D eigenvalue weighted by Gasteiger charge is -2.09. The summed E-state index contributed by atoms with van der Waals surface area (Å²) in [6.07, 6.45) is -1.54. The van der Waals surface area contributed by atoms with Gasteiger partial charge in [0.05, 0.1) is 22.4 Å². The number of hydrogen-bond acceptors (Lipinski definition) is 3. The van der Waals surface area contributed by atoms with Crippen LogP contribution in [0.5, 0.6) is 0 Å². The van der Waals surface area contributed by atoms with E-state index in [4.69, 9.17) is 33.6 Å². The first kappa shape index (κ1) is 13.5. The first-order chi connectivity index (χ1) is 7.95. The number of rotatable bonds is 3. The van der Waals surface area contributed by atoms with Crippen molar-refractivity contribution >= 4 is 34.8 Å². The molecule has 1 amide bonds. The highest BCUT2D eigenvalue weighted by Gasteiger charge is 2.16. The number of benzene rings is 1. The monoisotopic (exact) mass is 270 g/mol. The van der Waals surface area contributed by atoms with E-state index < -0.39 is 12.0 Å². The molecule has 0 aliphatic rings. The molecule has 0 heterocycles. The molecule has 0 fully saturated rings. The largest absolute Gasteiger partial charge is 0.374 e. The Balaban J connectivity index is 2.82. The molecule has 0 aliphatic carbocycles. The van der Waals surface area contributed by atoms with Crippen LogP contribution in [0.4, 0.5) is 5.69 Å². The zero-order valence-electron chi connectivity index (χ0n) is 8.58. The lowest BCUT2D eigenvalue weighted by molar-refractivity contribution is -0.113. The highest BCUT2D eigenvalue weighted by atomic mass is 35.5. The highest BCUT2D eigenvalue weighted by molar-refractivity contribution is 6.36. The Bertz CT molecular complexity index is 509. The Morgan fingerprint density at radius 1 is 1.53 bits per heavy atom. The van der Waals surface area contributed by atoms with E-state index in [0.717, 1.165) is 0 Å². The first-order valence-electron chi connectivity index (χ1n) is 4.48. The van der Waals surface area contributed by atoms with Gasteiger partial charge in [-0.2, -0.15) is 5.26 Å². The van der Waals surface area contributed by atoms with Gasteiger partial charge in [0.1, 0.15) is 0 Å². The van der Waals surface area contributed by atoms with E-state index in [1.807, 2.05) is 0 Å². The quantitative estimate of drug-likeness (QED) is 0.654. The van der Waals surface area contributed by atoms with E-state index in [9.17, 15) is 4.79 Å². The molecule has 0 bridgehead atoms. The number of hydrogen-bond donors (Lipinski definition) is 2. The number of amides is 1. The van der Waals surface area contributed by atoms with Crippen molar-refractivity contribution in [1.29, 1.82) is 5.26 Å². The molecule has 1 rings (SSSR count). The zero-order valence-corrected chi connectivity index (χ0v) is 10.1. The number of aliphatic hydroxyl groups excluding tert-OH is 1. The van der Waals surface area contributed by atoms with Crippen molar-refractivity contribution in [3.63, 3.8) is 0 Å². The Morgan fingerprint density at radius 3 is 2.71 bits per heavy atom. The SMILES string of the molecule is C=C(C(=O)Nc1ccc(Cl)cc1Cl)C(O)C#N. The van der Waals surface area contributed by atoms with Gasteiger partial charge in [-0.3, -0.25) is 4.79 Å². The van der Waals surface area contributed by atoms with Gasteiger partial charge in [-0.1, -0.05) is 29.8 Å². The van der Waals surface area contributed by atoms with Crippen LogP contribution in [0.1, 0.15) is 0 Å². The van der Waals surface area contributed by atoms with Gasteiger partial charge in [-0.15, -0.1) is 0 Å². The predicted octanol–water partition coefficient (Wildman–Crippen LogP) is 2.37.